The molecule has 7 heteroatoms. The molecule has 0 unspecified atom stereocenters. The largest absolute Gasteiger partial charge is 0.508 e. The minimum Gasteiger partial charge on any atom is -0.508 e. The molecule has 0 spiro atoms. The van der Waals surface area contributed by atoms with Gasteiger partial charge in [-0.3, -0.25) is 4.31 Å². The van der Waals surface area contributed by atoms with Gasteiger partial charge in [0.1, 0.15) is 15.8 Å². The lowest BCUT2D eigenvalue weighted by Gasteiger charge is -2.26. The number of rotatable bonds is 5. The molecule has 2 aromatic rings. The molecule has 0 radical (unpaired) electrons. The zero-order valence-corrected chi connectivity index (χ0v) is 13.8. The first-order valence-electron chi connectivity index (χ1n) is 6.74. The molecule has 0 bridgehead atoms. The van der Waals surface area contributed by atoms with Gasteiger partial charge in [0.05, 0.1) is 5.69 Å². The van der Waals surface area contributed by atoms with Crippen molar-refractivity contribution < 1.29 is 13.5 Å². The summed E-state index contributed by atoms with van der Waals surface area (Å²) in [6.07, 6.45) is 1.23. The number of hydrogen-bond acceptors (Lipinski definition) is 4. The van der Waals surface area contributed by atoms with Crippen LogP contribution in [0.1, 0.15) is 13.8 Å². The maximum Gasteiger partial charge on any atom is 0.265 e. The first-order chi connectivity index (χ1) is 10.3. The Bertz CT molecular complexity index is 746. The summed E-state index contributed by atoms with van der Waals surface area (Å²) >= 11 is 5.71. The molecular weight excluding hydrogens is 324 g/mol. The van der Waals surface area contributed by atoms with E-state index < -0.39 is 10.0 Å². The van der Waals surface area contributed by atoms with Crippen LogP contribution in [0, 0.1) is 5.92 Å². The van der Waals surface area contributed by atoms with Gasteiger partial charge in [0, 0.05) is 18.8 Å². The van der Waals surface area contributed by atoms with E-state index in [-0.39, 0.29) is 28.3 Å². The van der Waals surface area contributed by atoms with Crippen LogP contribution in [0.25, 0.3) is 0 Å². The zero-order chi connectivity index (χ0) is 16.3. The number of phenolic OH excluding ortho intramolecular Hbond substituents is 1. The van der Waals surface area contributed by atoms with E-state index in [0.29, 0.717) is 5.69 Å². The van der Waals surface area contributed by atoms with Crippen molar-refractivity contribution in [1.29, 1.82) is 0 Å². The number of aromatic hydroxyl groups is 1. The molecule has 22 heavy (non-hydrogen) atoms. The van der Waals surface area contributed by atoms with Crippen molar-refractivity contribution in [3.8, 4) is 5.75 Å². The van der Waals surface area contributed by atoms with Crippen LogP contribution in [-0.4, -0.2) is 25.1 Å². The second kappa shape index (κ2) is 6.54. The van der Waals surface area contributed by atoms with Gasteiger partial charge in [0.25, 0.3) is 10.0 Å². The van der Waals surface area contributed by atoms with E-state index >= 15 is 0 Å². The van der Waals surface area contributed by atoms with Gasteiger partial charge in [-0.25, -0.2) is 13.4 Å². The van der Waals surface area contributed by atoms with Crippen LogP contribution in [0.2, 0.25) is 5.15 Å². The molecule has 1 N–H and O–H groups in total. The molecule has 2 rings (SSSR count). The highest BCUT2D eigenvalue weighted by molar-refractivity contribution is 7.92. The first-order valence-corrected chi connectivity index (χ1v) is 8.56. The third kappa shape index (κ3) is 3.69. The van der Waals surface area contributed by atoms with Crippen LogP contribution in [0.3, 0.4) is 0 Å². The molecule has 1 aromatic heterocycles. The van der Waals surface area contributed by atoms with E-state index in [0.717, 1.165) is 0 Å². The Balaban J connectivity index is 2.50. The van der Waals surface area contributed by atoms with Crippen LogP contribution in [0.4, 0.5) is 5.69 Å². The standard InChI is InChI=1S/C15H17ClN2O3S/c1-11(2)10-18(12-4-3-5-13(19)8-12)22(20,21)14-6-7-15(16)17-9-14/h3-9,11,19H,10H2,1-2H3. The van der Waals surface area contributed by atoms with E-state index in [1.807, 2.05) is 13.8 Å². The Kier molecular flexibility index (Phi) is 4.93. The summed E-state index contributed by atoms with van der Waals surface area (Å²) in [6, 6.07) is 9.01. The molecule has 0 fully saturated rings. The van der Waals surface area contributed by atoms with Gasteiger partial charge < -0.3 is 5.11 Å². The second-order valence-electron chi connectivity index (χ2n) is 5.27. The Morgan fingerprint density at radius 2 is 2.00 bits per heavy atom. The Labute approximate surface area is 135 Å². The summed E-state index contributed by atoms with van der Waals surface area (Å²) in [6.45, 7) is 4.13. The topological polar surface area (TPSA) is 70.5 Å². The minimum atomic E-state index is -3.78. The molecule has 0 aliphatic carbocycles. The van der Waals surface area contributed by atoms with Crippen molar-refractivity contribution in [3.63, 3.8) is 0 Å². The summed E-state index contributed by atoms with van der Waals surface area (Å²) in [5.41, 5.74) is 0.406. The zero-order valence-electron chi connectivity index (χ0n) is 12.3. The Hall–Kier alpha value is -1.79. The predicted molar refractivity (Wildman–Crippen MR) is 86.7 cm³/mol. The monoisotopic (exact) mass is 340 g/mol. The highest BCUT2D eigenvalue weighted by Crippen LogP contribution is 2.27. The van der Waals surface area contributed by atoms with Crippen LogP contribution in [0.5, 0.6) is 5.75 Å². The summed E-state index contributed by atoms with van der Waals surface area (Å²) in [4.78, 5) is 3.88. The smallest absolute Gasteiger partial charge is 0.265 e. The number of halogens is 1. The fourth-order valence-corrected chi connectivity index (χ4v) is 3.64. The van der Waals surface area contributed by atoms with Crippen LogP contribution >= 0.6 is 11.6 Å². The highest BCUT2D eigenvalue weighted by Gasteiger charge is 2.26. The SMILES string of the molecule is CC(C)CN(c1cccc(O)c1)S(=O)(=O)c1ccc(Cl)nc1. The number of hydrogen-bond donors (Lipinski definition) is 1. The average Bonchev–Trinajstić information content (AvgIpc) is 2.45. The maximum absolute atomic E-state index is 12.9. The van der Waals surface area contributed by atoms with Crippen molar-refractivity contribution in [2.75, 3.05) is 10.8 Å². The molecule has 5 nitrogen and oxygen atoms in total. The molecule has 0 saturated heterocycles. The van der Waals surface area contributed by atoms with Crippen LogP contribution in [0.15, 0.2) is 47.5 Å². The second-order valence-corrected chi connectivity index (χ2v) is 7.52. The summed E-state index contributed by atoms with van der Waals surface area (Å²) in [7, 11) is -3.78. The molecule has 0 amide bonds. The Morgan fingerprint density at radius 3 is 2.55 bits per heavy atom. The van der Waals surface area contributed by atoms with Gasteiger partial charge in [-0.2, -0.15) is 0 Å². The lowest BCUT2D eigenvalue weighted by atomic mass is 10.2. The van der Waals surface area contributed by atoms with E-state index in [1.165, 1.54) is 34.8 Å². The van der Waals surface area contributed by atoms with Gasteiger partial charge >= 0.3 is 0 Å². The van der Waals surface area contributed by atoms with E-state index in [2.05, 4.69) is 4.98 Å². The summed E-state index contributed by atoms with van der Waals surface area (Å²) in [5.74, 6) is 0.119. The van der Waals surface area contributed by atoms with E-state index in [9.17, 15) is 13.5 Å². The number of benzene rings is 1. The highest BCUT2D eigenvalue weighted by atomic mass is 35.5. The fraction of sp³-hybridized carbons (Fsp3) is 0.267. The minimum absolute atomic E-state index is 0.00990. The van der Waals surface area contributed by atoms with Gasteiger partial charge in [0.2, 0.25) is 0 Å². The van der Waals surface area contributed by atoms with E-state index in [4.69, 9.17) is 11.6 Å². The van der Waals surface area contributed by atoms with Crippen molar-refractivity contribution in [1.82, 2.24) is 4.98 Å². The molecular formula is C15H17ClN2O3S. The van der Waals surface area contributed by atoms with Gasteiger partial charge in [-0.15, -0.1) is 0 Å². The molecule has 0 aliphatic heterocycles. The van der Waals surface area contributed by atoms with Crippen molar-refractivity contribution >= 4 is 27.3 Å². The normalized spacial score (nSPS) is 11.6. The van der Waals surface area contributed by atoms with Crippen LogP contribution in [-0.2, 0) is 10.0 Å². The van der Waals surface area contributed by atoms with Crippen LogP contribution < -0.4 is 4.31 Å². The molecule has 0 saturated carbocycles. The van der Waals surface area contributed by atoms with Crippen molar-refractivity contribution in [2.24, 2.45) is 5.92 Å². The summed E-state index contributed by atoms with van der Waals surface area (Å²) < 4.78 is 27.0. The number of aromatic nitrogens is 1. The quantitative estimate of drug-likeness (QED) is 0.848. The molecule has 0 atom stereocenters. The number of phenols is 1. The van der Waals surface area contributed by atoms with Gasteiger partial charge in [-0.05, 0) is 30.2 Å². The lowest BCUT2D eigenvalue weighted by Crippen LogP contribution is -2.34. The predicted octanol–water partition coefficient (Wildman–Crippen LogP) is 3.29. The first kappa shape index (κ1) is 16.6. The molecule has 0 aliphatic rings. The molecule has 118 valence electrons. The summed E-state index contributed by atoms with van der Waals surface area (Å²) in [5, 5.41) is 9.85. The number of anilines is 1. The third-order valence-corrected chi connectivity index (χ3v) is 4.94. The maximum atomic E-state index is 12.9. The third-order valence-electron chi connectivity index (χ3n) is 2.94. The van der Waals surface area contributed by atoms with Crippen molar-refractivity contribution in [3.05, 3.63) is 47.7 Å². The Morgan fingerprint density at radius 1 is 1.27 bits per heavy atom. The number of nitrogens with zero attached hydrogens (tertiary/aromatic N) is 2. The lowest BCUT2D eigenvalue weighted by molar-refractivity contribution is 0.475. The van der Waals surface area contributed by atoms with Crippen molar-refractivity contribution in [2.45, 2.75) is 18.7 Å². The van der Waals surface area contributed by atoms with Gasteiger partial charge in [-0.1, -0.05) is 31.5 Å². The number of sulfonamides is 1. The average molecular weight is 341 g/mol. The molecule has 1 aromatic carbocycles. The molecule has 1 heterocycles. The number of pyridine rings is 1. The van der Waals surface area contributed by atoms with E-state index in [1.54, 1.807) is 12.1 Å². The fourth-order valence-electron chi connectivity index (χ4n) is 1.96. The van der Waals surface area contributed by atoms with Gasteiger partial charge in [0.15, 0.2) is 0 Å².